The Labute approximate surface area is 91.2 Å². The van der Waals surface area contributed by atoms with E-state index in [4.69, 9.17) is 0 Å². The van der Waals surface area contributed by atoms with Crippen molar-refractivity contribution in [1.29, 1.82) is 0 Å². The second-order valence-electron chi connectivity index (χ2n) is 4.44. The van der Waals surface area contributed by atoms with Gasteiger partial charge in [0.2, 0.25) is 5.91 Å². The number of carbonyl (C=O) groups is 2. The lowest BCUT2D eigenvalue weighted by atomic mass is 10.0. The van der Waals surface area contributed by atoms with Crippen LogP contribution in [0.15, 0.2) is 0 Å². The van der Waals surface area contributed by atoms with Gasteiger partial charge in [-0.15, -0.1) is 0 Å². The van der Waals surface area contributed by atoms with Crippen molar-refractivity contribution in [3.05, 3.63) is 0 Å². The molecule has 0 aromatic rings. The third kappa shape index (κ3) is 3.63. The van der Waals surface area contributed by atoms with Crippen molar-refractivity contribution in [1.82, 2.24) is 9.80 Å². The molecule has 1 amide bonds. The highest BCUT2D eigenvalue weighted by Gasteiger charge is 2.24. The SMILES string of the molecule is CC(=O)CC(=O)N(C)C1CCCN(C)C1. The first-order chi connectivity index (χ1) is 7.00. The standard InChI is InChI=1S/C11H20N2O2/c1-9(14)7-11(15)13(3)10-5-4-6-12(2)8-10/h10H,4-8H2,1-3H3. The topological polar surface area (TPSA) is 40.6 Å². The first-order valence-electron chi connectivity index (χ1n) is 5.44. The number of piperidine rings is 1. The summed E-state index contributed by atoms with van der Waals surface area (Å²) in [5, 5.41) is 0. The maximum Gasteiger partial charge on any atom is 0.230 e. The fourth-order valence-corrected chi connectivity index (χ4v) is 2.00. The highest BCUT2D eigenvalue weighted by Crippen LogP contribution is 2.14. The van der Waals surface area contributed by atoms with Crippen molar-refractivity contribution < 1.29 is 9.59 Å². The summed E-state index contributed by atoms with van der Waals surface area (Å²) in [7, 11) is 3.87. The smallest absolute Gasteiger partial charge is 0.230 e. The molecule has 0 aromatic heterocycles. The number of hydrogen-bond donors (Lipinski definition) is 0. The molecule has 1 aliphatic rings. The molecule has 0 aromatic carbocycles. The zero-order valence-electron chi connectivity index (χ0n) is 9.82. The minimum absolute atomic E-state index is 0.0384. The second kappa shape index (κ2) is 5.26. The van der Waals surface area contributed by atoms with Gasteiger partial charge in [0.1, 0.15) is 5.78 Å². The molecule has 4 heteroatoms. The lowest BCUT2D eigenvalue weighted by molar-refractivity contribution is -0.136. The van der Waals surface area contributed by atoms with Gasteiger partial charge in [-0.25, -0.2) is 0 Å². The second-order valence-corrected chi connectivity index (χ2v) is 4.44. The minimum atomic E-state index is -0.0592. The summed E-state index contributed by atoms with van der Waals surface area (Å²) in [6.07, 6.45) is 2.21. The third-order valence-corrected chi connectivity index (χ3v) is 2.94. The van der Waals surface area contributed by atoms with Crippen LogP contribution in [0, 0.1) is 0 Å². The first kappa shape index (κ1) is 12.2. The van der Waals surface area contributed by atoms with Crippen molar-refractivity contribution in [3.8, 4) is 0 Å². The van der Waals surface area contributed by atoms with Crippen molar-refractivity contribution in [2.24, 2.45) is 0 Å². The molecule has 1 aliphatic heterocycles. The van der Waals surface area contributed by atoms with Gasteiger partial charge < -0.3 is 9.80 Å². The fourth-order valence-electron chi connectivity index (χ4n) is 2.00. The van der Waals surface area contributed by atoms with Gasteiger partial charge in [0, 0.05) is 19.6 Å². The summed E-state index contributed by atoms with van der Waals surface area (Å²) < 4.78 is 0. The van der Waals surface area contributed by atoms with Gasteiger partial charge in [0.15, 0.2) is 0 Å². The Bertz CT molecular complexity index is 253. The van der Waals surface area contributed by atoms with Crippen molar-refractivity contribution in [3.63, 3.8) is 0 Å². The van der Waals surface area contributed by atoms with Crippen LogP contribution in [0.5, 0.6) is 0 Å². The summed E-state index contributed by atoms with van der Waals surface area (Å²) in [5.74, 6) is -0.112. The quantitative estimate of drug-likeness (QED) is 0.640. The predicted molar refractivity (Wildman–Crippen MR) is 58.6 cm³/mol. The molecule has 0 spiro atoms. The summed E-state index contributed by atoms with van der Waals surface area (Å²) in [5.41, 5.74) is 0. The Balaban J connectivity index is 2.47. The van der Waals surface area contributed by atoms with Crippen LogP contribution < -0.4 is 0 Å². The van der Waals surface area contributed by atoms with Gasteiger partial charge in [0.25, 0.3) is 0 Å². The number of hydrogen-bond acceptors (Lipinski definition) is 3. The monoisotopic (exact) mass is 212 g/mol. The van der Waals surface area contributed by atoms with Crippen LogP contribution in [0.1, 0.15) is 26.2 Å². The van der Waals surface area contributed by atoms with Crippen molar-refractivity contribution in [2.75, 3.05) is 27.2 Å². The van der Waals surface area contributed by atoms with Crippen molar-refractivity contribution >= 4 is 11.7 Å². The molecule has 0 N–H and O–H groups in total. The molecule has 1 fully saturated rings. The summed E-state index contributed by atoms with van der Waals surface area (Å²) >= 11 is 0. The van der Waals surface area contributed by atoms with E-state index in [0.29, 0.717) is 0 Å². The molecule has 0 saturated carbocycles. The van der Waals surface area contributed by atoms with Gasteiger partial charge in [-0.05, 0) is 33.4 Å². The highest BCUT2D eigenvalue weighted by atomic mass is 16.2. The Kier molecular flexibility index (Phi) is 4.27. The zero-order valence-corrected chi connectivity index (χ0v) is 9.82. The van der Waals surface area contributed by atoms with Gasteiger partial charge in [-0.2, -0.15) is 0 Å². The summed E-state index contributed by atoms with van der Waals surface area (Å²) in [6.45, 7) is 3.48. The van der Waals surface area contributed by atoms with E-state index in [1.54, 1.807) is 11.9 Å². The highest BCUT2D eigenvalue weighted by molar-refractivity contribution is 5.96. The van der Waals surface area contributed by atoms with E-state index in [0.717, 1.165) is 25.9 Å². The molecule has 4 nitrogen and oxygen atoms in total. The van der Waals surface area contributed by atoms with E-state index in [-0.39, 0.29) is 24.2 Å². The predicted octanol–water partition coefficient (Wildman–Crippen LogP) is 0.518. The number of nitrogens with zero attached hydrogens (tertiary/aromatic N) is 2. The maximum atomic E-state index is 11.6. The van der Waals surface area contributed by atoms with E-state index in [1.807, 2.05) is 0 Å². The van der Waals surface area contributed by atoms with E-state index in [1.165, 1.54) is 6.92 Å². The molecular formula is C11H20N2O2. The summed E-state index contributed by atoms with van der Waals surface area (Å²) in [4.78, 5) is 26.5. The third-order valence-electron chi connectivity index (χ3n) is 2.94. The molecule has 1 saturated heterocycles. The van der Waals surface area contributed by atoms with Crippen LogP contribution in [0.2, 0.25) is 0 Å². The molecule has 1 heterocycles. The molecule has 1 unspecified atom stereocenters. The normalized spacial score (nSPS) is 22.5. The molecule has 15 heavy (non-hydrogen) atoms. The Morgan fingerprint density at radius 2 is 2.13 bits per heavy atom. The molecule has 0 aliphatic carbocycles. The minimum Gasteiger partial charge on any atom is -0.341 e. The van der Waals surface area contributed by atoms with E-state index < -0.39 is 0 Å². The van der Waals surface area contributed by atoms with Gasteiger partial charge in [-0.1, -0.05) is 0 Å². The van der Waals surface area contributed by atoms with E-state index in [9.17, 15) is 9.59 Å². The number of amides is 1. The van der Waals surface area contributed by atoms with Gasteiger partial charge >= 0.3 is 0 Å². The zero-order chi connectivity index (χ0) is 11.4. The van der Waals surface area contributed by atoms with Crippen LogP contribution in [0.3, 0.4) is 0 Å². The molecule has 0 bridgehead atoms. The molecule has 1 atom stereocenters. The lowest BCUT2D eigenvalue weighted by Crippen LogP contribution is -2.47. The molecular weight excluding hydrogens is 192 g/mol. The number of likely N-dealkylation sites (N-methyl/N-ethyl adjacent to an activating group) is 2. The van der Waals surface area contributed by atoms with Gasteiger partial charge in [0.05, 0.1) is 6.42 Å². The van der Waals surface area contributed by atoms with Crippen molar-refractivity contribution in [2.45, 2.75) is 32.2 Å². The molecule has 86 valence electrons. The lowest BCUT2D eigenvalue weighted by Gasteiger charge is -2.35. The largest absolute Gasteiger partial charge is 0.341 e. The Morgan fingerprint density at radius 3 is 2.67 bits per heavy atom. The Morgan fingerprint density at radius 1 is 1.47 bits per heavy atom. The number of carbonyl (C=O) groups excluding carboxylic acids is 2. The van der Waals surface area contributed by atoms with E-state index in [2.05, 4.69) is 11.9 Å². The average molecular weight is 212 g/mol. The van der Waals surface area contributed by atoms with Crippen LogP contribution in [-0.4, -0.2) is 54.7 Å². The number of Topliss-reactive ketones (excluding diaryl/α,β-unsaturated/α-hetero) is 1. The summed E-state index contributed by atoms with van der Waals surface area (Å²) in [6, 6.07) is 0.274. The number of likely N-dealkylation sites (tertiary alicyclic amines) is 1. The van der Waals surface area contributed by atoms with Crippen LogP contribution in [-0.2, 0) is 9.59 Å². The van der Waals surface area contributed by atoms with E-state index >= 15 is 0 Å². The molecule has 0 radical (unpaired) electrons. The maximum absolute atomic E-state index is 11.6. The average Bonchev–Trinajstić information content (AvgIpc) is 2.15. The fraction of sp³-hybridized carbons (Fsp3) is 0.818. The Hall–Kier alpha value is -0.900. The number of ketones is 1. The van der Waals surface area contributed by atoms with Gasteiger partial charge in [-0.3, -0.25) is 9.59 Å². The number of rotatable bonds is 3. The molecule has 1 rings (SSSR count). The van der Waals surface area contributed by atoms with Crippen LogP contribution in [0.25, 0.3) is 0 Å². The van der Waals surface area contributed by atoms with Crippen LogP contribution >= 0.6 is 0 Å². The van der Waals surface area contributed by atoms with Crippen LogP contribution in [0.4, 0.5) is 0 Å². The first-order valence-corrected chi connectivity index (χ1v) is 5.44.